The van der Waals surface area contributed by atoms with Gasteiger partial charge < -0.3 is 19.9 Å². The first-order valence-corrected chi connectivity index (χ1v) is 6.27. The first-order chi connectivity index (χ1) is 9.49. The molecule has 0 saturated heterocycles. The molecule has 0 heterocycles. The summed E-state index contributed by atoms with van der Waals surface area (Å²) >= 11 is 5.91. The van der Waals surface area contributed by atoms with Crippen molar-refractivity contribution in [3.63, 3.8) is 0 Å². The minimum Gasteiger partial charge on any atom is -0.479 e. The van der Waals surface area contributed by atoms with Crippen molar-refractivity contribution in [3.8, 4) is 5.75 Å². The van der Waals surface area contributed by atoms with Crippen molar-refractivity contribution < 1.29 is 24.2 Å². The molecule has 0 aliphatic rings. The Morgan fingerprint density at radius 3 is 2.60 bits per heavy atom. The molecule has 20 heavy (non-hydrogen) atoms. The van der Waals surface area contributed by atoms with Gasteiger partial charge in [-0.05, 0) is 19.1 Å². The smallest absolute Gasteiger partial charge is 0.330 e. The van der Waals surface area contributed by atoms with Crippen molar-refractivity contribution in [2.75, 3.05) is 13.7 Å². The van der Waals surface area contributed by atoms with Crippen molar-refractivity contribution in [3.05, 3.63) is 29.3 Å². The highest BCUT2D eigenvalue weighted by Gasteiger charge is 2.24. The highest BCUT2D eigenvalue weighted by molar-refractivity contribution is 6.32. The van der Waals surface area contributed by atoms with Gasteiger partial charge in [0, 0.05) is 0 Å². The quantitative estimate of drug-likeness (QED) is 0.758. The van der Waals surface area contributed by atoms with Crippen LogP contribution in [0.2, 0.25) is 5.02 Å². The largest absolute Gasteiger partial charge is 0.479 e. The van der Waals surface area contributed by atoms with Crippen LogP contribution in [0.15, 0.2) is 24.3 Å². The summed E-state index contributed by atoms with van der Waals surface area (Å²) in [5.74, 6) is -0.935. The van der Waals surface area contributed by atoms with E-state index in [4.69, 9.17) is 21.4 Å². The Morgan fingerprint density at radius 1 is 1.40 bits per heavy atom. The molecule has 6 nitrogen and oxygen atoms in total. The monoisotopic (exact) mass is 301 g/mol. The van der Waals surface area contributed by atoms with Crippen LogP contribution in [0.5, 0.6) is 5.75 Å². The van der Waals surface area contributed by atoms with E-state index < -0.39 is 30.6 Å². The molecule has 2 N–H and O–H groups in total. The summed E-state index contributed by atoms with van der Waals surface area (Å²) in [7, 11) is 1.17. The predicted molar refractivity (Wildman–Crippen MR) is 72.6 cm³/mol. The Hall–Kier alpha value is -1.79. The number of nitrogens with one attached hydrogen (secondary N) is 1. The number of esters is 1. The van der Waals surface area contributed by atoms with E-state index in [1.807, 2.05) is 0 Å². The summed E-state index contributed by atoms with van der Waals surface area (Å²) in [6, 6.07) is 5.59. The number of ether oxygens (including phenoxy) is 2. The molecule has 0 radical (unpaired) electrons. The zero-order valence-corrected chi connectivity index (χ0v) is 11.9. The third-order valence-electron chi connectivity index (χ3n) is 2.49. The number of hydrogen-bond donors (Lipinski definition) is 2. The topological polar surface area (TPSA) is 84.9 Å². The van der Waals surface area contributed by atoms with Crippen LogP contribution in [-0.2, 0) is 14.3 Å². The van der Waals surface area contributed by atoms with E-state index in [1.165, 1.54) is 14.0 Å². The molecule has 0 bridgehead atoms. The third kappa shape index (κ3) is 4.40. The van der Waals surface area contributed by atoms with E-state index in [0.29, 0.717) is 10.8 Å². The molecular weight excluding hydrogens is 286 g/mol. The van der Waals surface area contributed by atoms with Crippen molar-refractivity contribution in [1.29, 1.82) is 0 Å². The molecule has 0 saturated carbocycles. The van der Waals surface area contributed by atoms with Crippen molar-refractivity contribution >= 4 is 23.5 Å². The van der Waals surface area contributed by atoms with Crippen LogP contribution in [0.3, 0.4) is 0 Å². The molecule has 0 aliphatic heterocycles. The van der Waals surface area contributed by atoms with E-state index in [1.54, 1.807) is 24.3 Å². The lowest BCUT2D eigenvalue weighted by molar-refractivity contribution is -0.147. The van der Waals surface area contributed by atoms with Gasteiger partial charge in [-0.3, -0.25) is 4.79 Å². The number of aliphatic hydroxyl groups is 1. The van der Waals surface area contributed by atoms with Crippen LogP contribution in [-0.4, -0.2) is 42.8 Å². The fourth-order valence-corrected chi connectivity index (χ4v) is 1.57. The summed E-state index contributed by atoms with van der Waals surface area (Å²) in [4.78, 5) is 23.1. The number of benzene rings is 1. The van der Waals surface area contributed by atoms with E-state index >= 15 is 0 Å². The summed E-state index contributed by atoms with van der Waals surface area (Å²) in [6.07, 6.45) is -0.881. The SMILES string of the molecule is COC(=O)C(CO)NC(=O)C(C)Oc1ccccc1Cl. The van der Waals surface area contributed by atoms with Crippen LogP contribution in [0.1, 0.15) is 6.92 Å². The maximum absolute atomic E-state index is 11.9. The Bertz CT molecular complexity index is 480. The fraction of sp³-hybridized carbons (Fsp3) is 0.385. The number of aliphatic hydroxyl groups excluding tert-OH is 1. The summed E-state index contributed by atoms with van der Waals surface area (Å²) in [6.45, 7) is 0.946. The number of halogens is 1. The maximum Gasteiger partial charge on any atom is 0.330 e. The van der Waals surface area contributed by atoms with E-state index in [2.05, 4.69) is 10.1 Å². The van der Waals surface area contributed by atoms with Gasteiger partial charge in [-0.1, -0.05) is 23.7 Å². The second-order valence-corrected chi connectivity index (χ2v) is 4.36. The van der Waals surface area contributed by atoms with Crippen LogP contribution in [0.4, 0.5) is 0 Å². The van der Waals surface area contributed by atoms with Crippen LogP contribution in [0.25, 0.3) is 0 Å². The Kier molecular flexibility index (Phi) is 6.27. The zero-order chi connectivity index (χ0) is 15.1. The molecular formula is C13H16ClNO5. The molecule has 2 atom stereocenters. The van der Waals surface area contributed by atoms with Gasteiger partial charge in [-0.15, -0.1) is 0 Å². The number of rotatable bonds is 6. The van der Waals surface area contributed by atoms with Gasteiger partial charge in [0.25, 0.3) is 5.91 Å². The maximum atomic E-state index is 11.9. The standard InChI is InChI=1S/C13H16ClNO5/c1-8(20-11-6-4-3-5-9(11)14)12(17)15-10(7-16)13(18)19-2/h3-6,8,10,16H,7H2,1-2H3,(H,15,17). The lowest BCUT2D eigenvalue weighted by Gasteiger charge is -2.19. The molecule has 1 amide bonds. The predicted octanol–water partition coefficient (Wildman–Crippen LogP) is 0.757. The summed E-state index contributed by atoms with van der Waals surface area (Å²) in [5, 5.41) is 11.7. The van der Waals surface area contributed by atoms with Crippen LogP contribution >= 0.6 is 11.6 Å². The second-order valence-electron chi connectivity index (χ2n) is 3.96. The third-order valence-corrected chi connectivity index (χ3v) is 2.81. The average Bonchev–Trinajstić information content (AvgIpc) is 2.45. The van der Waals surface area contributed by atoms with Gasteiger partial charge in [-0.2, -0.15) is 0 Å². The molecule has 1 aromatic carbocycles. The number of hydrogen-bond acceptors (Lipinski definition) is 5. The van der Waals surface area contributed by atoms with Gasteiger partial charge in [0.2, 0.25) is 0 Å². The molecule has 0 spiro atoms. The van der Waals surface area contributed by atoms with Crippen LogP contribution in [0, 0.1) is 0 Å². The minimum atomic E-state index is -1.12. The Labute approximate surface area is 121 Å². The van der Waals surface area contributed by atoms with E-state index in [9.17, 15) is 9.59 Å². The Balaban J connectivity index is 2.63. The Morgan fingerprint density at radius 2 is 2.05 bits per heavy atom. The second kappa shape index (κ2) is 7.72. The van der Waals surface area contributed by atoms with Gasteiger partial charge >= 0.3 is 5.97 Å². The van der Waals surface area contributed by atoms with Gasteiger partial charge in [-0.25, -0.2) is 4.79 Å². The van der Waals surface area contributed by atoms with Gasteiger partial charge in [0.15, 0.2) is 12.1 Å². The molecule has 7 heteroatoms. The molecule has 1 rings (SSSR count). The lowest BCUT2D eigenvalue weighted by atomic mass is 10.2. The lowest BCUT2D eigenvalue weighted by Crippen LogP contribution is -2.48. The number of carbonyl (C=O) groups excluding carboxylic acids is 2. The first-order valence-electron chi connectivity index (χ1n) is 5.89. The number of carbonyl (C=O) groups is 2. The summed E-state index contributed by atoms with van der Waals surface area (Å²) in [5.41, 5.74) is 0. The highest BCUT2D eigenvalue weighted by atomic mass is 35.5. The molecule has 110 valence electrons. The normalized spacial score (nSPS) is 13.2. The first kappa shape index (κ1) is 16.3. The summed E-state index contributed by atoms with van der Waals surface area (Å²) < 4.78 is 9.83. The van der Waals surface area contributed by atoms with Crippen LogP contribution < -0.4 is 10.1 Å². The average molecular weight is 302 g/mol. The van der Waals surface area contributed by atoms with Crippen molar-refractivity contribution in [2.24, 2.45) is 0 Å². The van der Waals surface area contributed by atoms with E-state index in [0.717, 1.165) is 0 Å². The fourth-order valence-electron chi connectivity index (χ4n) is 1.39. The molecule has 0 fully saturated rings. The molecule has 0 aromatic heterocycles. The minimum absolute atomic E-state index is 0.357. The van der Waals surface area contributed by atoms with Gasteiger partial charge in [0.1, 0.15) is 5.75 Å². The molecule has 1 aromatic rings. The molecule has 2 unspecified atom stereocenters. The van der Waals surface area contributed by atoms with Crippen molar-refractivity contribution in [1.82, 2.24) is 5.32 Å². The van der Waals surface area contributed by atoms with E-state index in [-0.39, 0.29) is 0 Å². The number of para-hydroxylation sites is 1. The van der Waals surface area contributed by atoms with Gasteiger partial charge in [0.05, 0.1) is 18.7 Å². The highest BCUT2D eigenvalue weighted by Crippen LogP contribution is 2.24. The zero-order valence-electron chi connectivity index (χ0n) is 11.1. The number of methoxy groups -OCH3 is 1. The van der Waals surface area contributed by atoms with Crippen molar-refractivity contribution in [2.45, 2.75) is 19.1 Å². The number of amides is 1. The molecule has 0 aliphatic carbocycles.